The summed E-state index contributed by atoms with van der Waals surface area (Å²) in [5, 5.41) is 4.55. The molecule has 1 N–H and O–H groups in total. The molecule has 0 saturated heterocycles. The van der Waals surface area contributed by atoms with Gasteiger partial charge in [-0.3, -0.25) is 9.78 Å². The van der Waals surface area contributed by atoms with E-state index in [4.69, 9.17) is 4.52 Å². The lowest BCUT2D eigenvalue weighted by Gasteiger charge is -2.01. The molecule has 3 aromatic rings. The minimum Gasteiger partial charge on any atom is -0.334 e. The fraction of sp³-hybridized carbons (Fsp3) is 0.167. The fourth-order valence-corrected chi connectivity index (χ4v) is 1.83. The lowest BCUT2D eigenvalue weighted by molar-refractivity contribution is 0.425. The molecule has 0 aliphatic carbocycles. The summed E-state index contributed by atoms with van der Waals surface area (Å²) in [6.45, 7) is 3.58. The number of rotatable bonds is 1. The summed E-state index contributed by atoms with van der Waals surface area (Å²) < 4.78 is 5.02. The molecular weight excluding hydrogens is 232 g/mol. The van der Waals surface area contributed by atoms with Crippen LogP contribution in [0.2, 0.25) is 0 Å². The number of hydrogen-bond acceptors (Lipinski definition) is 5. The third kappa shape index (κ3) is 1.58. The molecule has 90 valence electrons. The van der Waals surface area contributed by atoms with Crippen molar-refractivity contribution in [2.45, 2.75) is 13.8 Å². The molecule has 3 aromatic heterocycles. The number of fused-ring (bicyclic) bond motifs is 1. The van der Waals surface area contributed by atoms with Crippen LogP contribution in [0.3, 0.4) is 0 Å². The number of aryl methyl sites for hydroxylation is 2. The highest BCUT2D eigenvalue weighted by Gasteiger charge is 2.12. The molecule has 0 aliphatic heterocycles. The average Bonchev–Trinajstić information content (AvgIpc) is 2.75. The van der Waals surface area contributed by atoms with E-state index in [1.165, 1.54) is 0 Å². The van der Waals surface area contributed by atoms with E-state index in [-0.39, 0.29) is 11.4 Å². The van der Waals surface area contributed by atoms with E-state index in [1.54, 1.807) is 25.3 Å². The molecule has 0 spiro atoms. The van der Waals surface area contributed by atoms with Crippen LogP contribution in [0.15, 0.2) is 27.6 Å². The SMILES string of the molecule is Cc1noc(-c2cc3c(C)nccc3[nH]c2=O)n1. The Labute approximate surface area is 102 Å². The second kappa shape index (κ2) is 3.76. The van der Waals surface area contributed by atoms with Gasteiger partial charge in [0.25, 0.3) is 11.4 Å². The van der Waals surface area contributed by atoms with Crippen LogP contribution in [0.5, 0.6) is 0 Å². The first-order valence-electron chi connectivity index (χ1n) is 5.44. The van der Waals surface area contributed by atoms with E-state index in [0.29, 0.717) is 11.4 Å². The van der Waals surface area contributed by atoms with Crippen molar-refractivity contribution in [3.63, 3.8) is 0 Å². The van der Waals surface area contributed by atoms with Gasteiger partial charge in [0.1, 0.15) is 5.56 Å². The Bertz CT molecular complexity index is 788. The van der Waals surface area contributed by atoms with Crippen molar-refractivity contribution in [1.29, 1.82) is 0 Å². The van der Waals surface area contributed by atoms with Gasteiger partial charge in [0, 0.05) is 17.3 Å². The van der Waals surface area contributed by atoms with Crippen LogP contribution in [-0.2, 0) is 0 Å². The van der Waals surface area contributed by atoms with E-state index in [0.717, 1.165) is 16.6 Å². The normalized spacial score (nSPS) is 11.0. The van der Waals surface area contributed by atoms with Crippen LogP contribution < -0.4 is 5.56 Å². The zero-order chi connectivity index (χ0) is 12.7. The molecule has 0 radical (unpaired) electrons. The monoisotopic (exact) mass is 242 g/mol. The molecule has 0 aliphatic rings. The zero-order valence-corrected chi connectivity index (χ0v) is 9.89. The highest BCUT2D eigenvalue weighted by molar-refractivity contribution is 5.83. The van der Waals surface area contributed by atoms with Gasteiger partial charge >= 0.3 is 0 Å². The predicted molar refractivity (Wildman–Crippen MR) is 65.1 cm³/mol. The fourth-order valence-electron chi connectivity index (χ4n) is 1.83. The lowest BCUT2D eigenvalue weighted by atomic mass is 10.1. The Kier molecular flexibility index (Phi) is 2.22. The molecule has 0 amide bonds. The quantitative estimate of drug-likeness (QED) is 0.700. The van der Waals surface area contributed by atoms with Crippen LogP contribution in [0.4, 0.5) is 0 Å². The van der Waals surface area contributed by atoms with Crippen molar-refractivity contribution in [3.8, 4) is 11.5 Å². The van der Waals surface area contributed by atoms with Gasteiger partial charge in [-0.05, 0) is 26.0 Å². The minimum atomic E-state index is -0.253. The molecule has 3 rings (SSSR count). The summed E-state index contributed by atoms with van der Waals surface area (Å²) in [5.41, 5.74) is 1.68. The Morgan fingerprint density at radius 1 is 1.33 bits per heavy atom. The van der Waals surface area contributed by atoms with E-state index >= 15 is 0 Å². The molecule has 6 heteroatoms. The van der Waals surface area contributed by atoms with E-state index in [2.05, 4.69) is 20.1 Å². The number of H-pyrrole nitrogens is 1. The maximum absolute atomic E-state index is 12.0. The number of aromatic amines is 1. The first-order valence-corrected chi connectivity index (χ1v) is 5.44. The van der Waals surface area contributed by atoms with Gasteiger partial charge in [-0.1, -0.05) is 5.16 Å². The molecule has 18 heavy (non-hydrogen) atoms. The smallest absolute Gasteiger partial charge is 0.263 e. The number of hydrogen-bond donors (Lipinski definition) is 1. The second-order valence-electron chi connectivity index (χ2n) is 4.02. The Morgan fingerprint density at radius 3 is 2.89 bits per heavy atom. The summed E-state index contributed by atoms with van der Waals surface area (Å²) in [4.78, 5) is 23.0. The molecular formula is C12H10N4O2. The summed E-state index contributed by atoms with van der Waals surface area (Å²) in [5.74, 6) is 0.714. The van der Waals surface area contributed by atoms with Gasteiger partial charge in [-0.25, -0.2) is 0 Å². The number of nitrogens with one attached hydrogen (secondary N) is 1. The van der Waals surface area contributed by atoms with Crippen LogP contribution in [0.1, 0.15) is 11.5 Å². The van der Waals surface area contributed by atoms with Crippen LogP contribution in [0.25, 0.3) is 22.4 Å². The van der Waals surface area contributed by atoms with E-state index in [1.807, 2.05) is 6.92 Å². The van der Waals surface area contributed by atoms with Crippen molar-refractivity contribution in [2.75, 3.05) is 0 Å². The molecule has 0 saturated carbocycles. The first kappa shape index (κ1) is 10.6. The third-order valence-electron chi connectivity index (χ3n) is 2.73. The van der Waals surface area contributed by atoms with Crippen molar-refractivity contribution >= 4 is 10.9 Å². The molecule has 3 heterocycles. The number of nitrogens with zero attached hydrogens (tertiary/aromatic N) is 3. The Balaban J connectivity index is 2.34. The van der Waals surface area contributed by atoms with Crippen LogP contribution in [0, 0.1) is 13.8 Å². The molecule has 0 fully saturated rings. The van der Waals surface area contributed by atoms with Gasteiger partial charge in [-0.2, -0.15) is 4.98 Å². The number of pyridine rings is 2. The van der Waals surface area contributed by atoms with E-state index in [9.17, 15) is 4.79 Å². The van der Waals surface area contributed by atoms with E-state index < -0.39 is 0 Å². The van der Waals surface area contributed by atoms with Gasteiger partial charge < -0.3 is 9.51 Å². The molecule has 6 nitrogen and oxygen atoms in total. The Morgan fingerprint density at radius 2 is 2.17 bits per heavy atom. The first-order chi connectivity index (χ1) is 8.65. The predicted octanol–water partition coefficient (Wildman–Crippen LogP) is 1.59. The maximum atomic E-state index is 12.0. The molecule has 0 unspecified atom stereocenters. The van der Waals surface area contributed by atoms with Gasteiger partial charge in [0.15, 0.2) is 5.82 Å². The Hall–Kier alpha value is -2.50. The molecule has 0 aromatic carbocycles. The maximum Gasteiger partial charge on any atom is 0.263 e. The van der Waals surface area contributed by atoms with Gasteiger partial charge in [-0.15, -0.1) is 0 Å². The number of aromatic nitrogens is 4. The van der Waals surface area contributed by atoms with Gasteiger partial charge in [0.05, 0.1) is 5.52 Å². The summed E-state index contributed by atoms with van der Waals surface area (Å²) in [6.07, 6.45) is 1.66. The van der Waals surface area contributed by atoms with Crippen LogP contribution in [-0.4, -0.2) is 20.1 Å². The summed E-state index contributed by atoms with van der Waals surface area (Å²) in [7, 11) is 0. The third-order valence-corrected chi connectivity index (χ3v) is 2.73. The average molecular weight is 242 g/mol. The zero-order valence-electron chi connectivity index (χ0n) is 9.89. The lowest BCUT2D eigenvalue weighted by Crippen LogP contribution is -2.09. The highest BCUT2D eigenvalue weighted by Crippen LogP contribution is 2.19. The minimum absolute atomic E-state index is 0.221. The van der Waals surface area contributed by atoms with Crippen molar-refractivity contribution in [3.05, 3.63) is 40.2 Å². The van der Waals surface area contributed by atoms with Crippen molar-refractivity contribution < 1.29 is 4.52 Å². The summed E-state index contributed by atoms with van der Waals surface area (Å²) in [6, 6.07) is 3.48. The standard InChI is InChI=1S/C12H10N4O2/c1-6-8-5-9(12-14-7(2)16-18-12)11(17)15-10(8)3-4-13-6/h3-5H,1-2H3,(H,15,17). The van der Waals surface area contributed by atoms with Gasteiger partial charge in [0.2, 0.25) is 0 Å². The van der Waals surface area contributed by atoms with Crippen LogP contribution >= 0.6 is 0 Å². The highest BCUT2D eigenvalue weighted by atomic mass is 16.5. The summed E-state index contributed by atoms with van der Waals surface area (Å²) >= 11 is 0. The van der Waals surface area contributed by atoms with Crippen molar-refractivity contribution in [2.24, 2.45) is 0 Å². The topological polar surface area (TPSA) is 84.7 Å². The van der Waals surface area contributed by atoms with Crippen molar-refractivity contribution in [1.82, 2.24) is 20.1 Å². The molecule has 0 bridgehead atoms. The largest absolute Gasteiger partial charge is 0.334 e. The second-order valence-corrected chi connectivity index (χ2v) is 4.02. The molecule has 0 atom stereocenters.